The number of halogens is 1. The van der Waals surface area contributed by atoms with E-state index in [2.05, 4.69) is 32.8 Å². The van der Waals surface area contributed by atoms with Crippen LogP contribution < -0.4 is 20.3 Å². The maximum Gasteiger partial charge on any atom is 0.264 e. The van der Waals surface area contributed by atoms with Crippen molar-refractivity contribution >= 4 is 39.1 Å². The van der Waals surface area contributed by atoms with Gasteiger partial charge in [-0.25, -0.2) is 17.8 Å². The van der Waals surface area contributed by atoms with E-state index >= 15 is 0 Å². The molecule has 49 heavy (non-hydrogen) atoms. The van der Waals surface area contributed by atoms with Gasteiger partial charge in [-0.2, -0.15) is 4.98 Å². The molecule has 5 N–H and O–H groups in total. The average molecular weight is 688 g/mol. The van der Waals surface area contributed by atoms with E-state index in [0.717, 1.165) is 42.1 Å². The third-order valence-corrected chi connectivity index (χ3v) is 10.4. The molecule has 0 saturated heterocycles. The summed E-state index contributed by atoms with van der Waals surface area (Å²) in [5.41, 5.74) is 2.59. The van der Waals surface area contributed by atoms with Crippen LogP contribution in [-0.2, 0) is 16.6 Å². The highest BCUT2D eigenvalue weighted by Gasteiger charge is 2.24. The number of benzene rings is 3. The van der Waals surface area contributed by atoms with Gasteiger partial charge in [-0.05, 0) is 86.2 Å². The smallest absolute Gasteiger partial charge is 0.264 e. The molecule has 11 nitrogen and oxygen atoms in total. The molecule has 4 aromatic rings. The maximum atomic E-state index is 13.5. The van der Waals surface area contributed by atoms with Crippen molar-refractivity contribution in [3.8, 4) is 0 Å². The van der Waals surface area contributed by atoms with E-state index in [0.29, 0.717) is 47.0 Å². The van der Waals surface area contributed by atoms with Crippen molar-refractivity contribution in [1.82, 2.24) is 15.3 Å². The van der Waals surface area contributed by atoms with Gasteiger partial charge in [0.1, 0.15) is 11.6 Å². The van der Waals surface area contributed by atoms with E-state index in [4.69, 9.17) is 5.41 Å². The van der Waals surface area contributed by atoms with Crippen LogP contribution in [0.5, 0.6) is 0 Å². The van der Waals surface area contributed by atoms with Gasteiger partial charge in [0.2, 0.25) is 5.95 Å². The number of unbranched alkanes of at least 4 members (excludes halogenated alkanes) is 1. The molecule has 1 saturated carbocycles. The molecule has 0 unspecified atom stereocenters. The van der Waals surface area contributed by atoms with Crippen molar-refractivity contribution in [3.63, 3.8) is 0 Å². The van der Waals surface area contributed by atoms with Crippen molar-refractivity contribution in [3.05, 3.63) is 107 Å². The van der Waals surface area contributed by atoms with E-state index in [1.165, 1.54) is 31.3 Å². The van der Waals surface area contributed by atoms with Crippen LogP contribution in [0.4, 0.5) is 21.8 Å². The van der Waals surface area contributed by atoms with Gasteiger partial charge in [0.25, 0.3) is 15.9 Å². The average Bonchev–Trinajstić information content (AvgIpc) is 3.12. The molecule has 0 spiro atoms. The molecule has 1 fully saturated rings. The monoisotopic (exact) mass is 687 g/mol. The first-order valence-corrected chi connectivity index (χ1v) is 17.9. The Hall–Kier alpha value is -4.88. The van der Waals surface area contributed by atoms with Gasteiger partial charge >= 0.3 is 0 Å². The lowest BCUT2D eigenvalue weighted by atomic mass is 9.93. The lowest BCUT2D eigenvalue weighted by Crippen LogP contribution is -2.29. The molecule has 0 atom stereocenters. The molecule has 258 valence electrons. The number of aliphatic hydroxyl groups is 1. The standard InChI is InChI=1S/C36H42FN7O4S/c1-3-4-21-39-36-41-23-32(34(43-36)42-28-13-17-30(45)18-14-28)33(38)25-9-19-31(20-10-25)49(47,48)44(2)29-15-7-26(8-16-29)35(46)40-22-24-5-11-27(37)12-6-24/h5-12,15-16,19-20,23,28,30,38,45H,3-4,13-14,17-18,21-22H2,1-2H3,(H,40,46)(H2,39,41,42,43). The summed E-state index contributed by atoms with van der Waals surface area (Å²) >= 11 is 0. The number of aliphatic hydroxyl groups excluding tert-OH is 1. The fourth-order valence-electron chi connectivity index (χ4n) is 5.51. The third kappa shape index (κ3) is 8.98. The Morgan fingerprint density at radius 1 is 0.980 bits per heavy atom. The lowest BCUT2D eigenvalue weighted by molar-refractivity contribution is 0.0951. The van der Waals surface area contributed by atoms with E-state index in [1.54, 1.807) is 54.7 Å². The summed E-state index contributed by atoms with van der Waals surface area (Å²) in [5, 5.41) is 28.4. The quantitative estimate of drug-likeness (QED) is 0.0832. The number of rotatable bonds is 14. The van der Waals surface area contributed by atoms with Crippen LogP contribution in [0.1, 0.15) is 72.5 Å². The van der Waals surface area contributed by atoms with Gasteiger partial charge in [0.15, 0.2) is 0 Å². The second-order valence-electron chi connectivity index (χ2n) is 12.1. The molecular weight excluding hydrogens is 646 g/mol. The molecule has 1 heterocycles. The maximum absolute atomic E-state index is 13.5. The first kappa shape index (κ1) is 35.4. The summed E-state index contributed by atoms with van der Waals surface area (Å²) < 4.78 is 41.4. The minimum absolute atomic E-state index is 0.0403. The molecule has 1 amide bonds. The predicted molar refractivity (Wildman–Crippen MR) is 189 cm³/mol. The Balaban J connectivity index is 1.27. The topological polar surface area (TPSA) is 160 Å². The second-order valence-corrected chi connectivity index (χ2v) is 14.1. The number of sulfonamides is 1. The van der Waals surface area contributed by atoms with Gasteiger partial charge in [0.05, 0.1) is 28.0 Å². The van der Waals surface area contributed by atoms with Crippen LogP contribution in [0.15, 0.2) is 83.9 Å². The number of hydrogen-bond donors (Lipinski definition) is 5. The molecule has 5 rings (SSSR count). The SMILES string of the molecule is CCCCNc1ncc(C(=N)c2ccc(S(=O)(=O)N(C)c3ccc(C(=O)NCc4ccc(F)cc4)cc3)cc2)c(NC2CCC(O)CC2)n1. The molecule has 1 aliphatic carbocycles. The molecular formula is C36H42FN7O4S. The zero-order valence-corrected chi connectivity index (χ0v) is 28.4. The van der Waals surface area contributed by atoms with Crippen molar-refractivity contribution in [1.29, 1.82) is 5.41 Å². The number of carbonyl (C=O) groups is 1. The van der Waals surface area contributed by atoms with Gasteiger partial charge in [-0.3, -0.25) is 14.5 Å². The van der Waals surface area contributed by atoms with Crippen molar-refractivity contribution in [2.45, 2.75) is 69.0 Å². The van der Waals surface area contributed by atoms with E-state index in [1.807, 2.05) is 0 Å². The highest BCUT2D eigenvalue weighted by Crippen LogP contribution is 2.27. The van der Waals surface area contributed by atoms with Crippen LogP contribution in [-0.4, -0.2) is 60.8 Å². The Morgan fingerprint density at radius 2 is 1.63 bits per heavy atom. The van der Waals surface area contributed by atoms with Gasteiger partial charge in [-0.1, -0.05) is 37.6 Å². The number of hydrogen-bond acceptors (Lipinski definition) is 9. The summed E-state index contributed by atoms with van der Waals surface area (Å²) in [6.07, 6.45) is 6.26. The van der Waals surface area contributed by atoms with E-state index in [-0.39, 0.29) is 41.0 Å². The summed E-state index contributed by atoms with van der Waals surface area (Å²) in [7, 11) is -2.53. The minimum Gasteiger partial charge on any atom is -0.393 e. The highest BCUT2D eigenvalue weighted by atomic mass is 32.2. The van der Waals surface area contributed by atoms with Crippen LogP contribution in [0.3, 0.4) is 0 Å². The number of amides is 1. The van der Waals surface area contributed by atoms with Crippen LogP contribution >= 0.6 is 0 Å². The van der Waals surface area contributed by atoms with E-state index in [9.17, 15) is 22.7 Å². The van der Waals surface area contributed by atoms with Crippen LogP contribution in [0.2, 0.25) is 0 Å². The number of nitrogens with zero attached hydrogens (tertiary/aromatic N) is 3. The number of nitrogens with one attached hydrogen (secondary N) is 4. The number of anilines is 3. The molecule has 0 aliphatic heterocycles. The first-order valence-electron chi connectivity index (χ1n) is 16.4. The number of carbonyl (C=O) groups excluding carboxylic acids is 1. The summed E-state index contributed by atoms with van der Waals surface area (Å²) in [5.74, 6) is 0.283. The van der Waals surface area contributed by atoms with Crippen molar-refractivity contribution in [2.75, 3.05) is 28.5 Å². The molecule has 0 radical (unpaired) electrons. The minimum atomic E-state index is -3.96. The third-order valence-electron chi connectivity index (χ3n) is 8.57. The summed E-state index contributed by atoms with van der Waals surface area (Å²) in [6, 6.07) is 18.2. The van der Waals surface area contributed by atoms with Crippen LogP contribution in [0, 0.1) is 11.2 Å². The Labute approximate surface area is 286 Å². The highest BCUT2D eigenvalue weighted by molar-refractivity contribution is 7.92. The van der Waals surface area contributed by atoms with E-state index < -0.39 is 10.0 Å². The van der Waals surface area contributed by atoms with Gasteiger partial charge in [-0.15, -0.1) is 0 Å². The molecule has 0 bridgehead atoms. The summed E-state index contributed by atoms with van der Waals surface area (Å²) in [4.78, 5) is 21.8. The summed E-state index contributed by atoms with van der Waals surface area (Å²) in [6.45, 7) is 3.05. The first-order chi connectivity index (χ1) is 23.5. The zero-order valence-electron chi connectivity index (χ0n) is 27.6. The lowest BCUT2D eigenvalue weighted by Gasteiger charge is -2.27. The Bertz CT molecular complexity index is 1850. The Morgan fingerprint density at radius 3 is 2.29 bits per heavy atom. The molecule has 1 aliphatic rings. The largest absolute Gasteiger partial charge is 0.393 e. The van der Waals surface area contributed by atoms with Crippen LogP contribution in [0.25, 0.3) is 0 Å². The fraction of sp³-hybridized carbons (Fsp3) is 0.333. The second kappa shape index (κ2) is 16.0. The normalized spacial score (nSPS) is 16.1. The molecule has 13 heteroatoms. The van der Waals surface area contributed by atoms with Gasteiger partial charge < -0.3 is 21.1 Å². The molecule has 3 aromatic carbocycles. The van der Waals surface area contributed by atoms with Crippen molar-refractivity contribution in [2.24, 2.45) is 0 Å². The Kier molecular flexibility index (Phi) is 11.6. The van der Waals surface area contributed by atoms with Crippen molar-refractivity contribution < 1.29 is 22.7 Å². The number of aromatic nitrogens is 2. The fourth-order valence-corrected chi connectivity index (χ4v) is 6.70. The van der Waals surface area contributed by atoms with Gasteiger partial charge in [0, 0.05) is 43.5 Å². The zero-order chi connectivity index (χ0) is 35.0. The molecule has 1 aromatic heterocycles. The predicted octanol–water partition coefficient (Wildman–Crippen LogP) is 5.71.